The van der Waals surface area contributed by atoms with Crippen LogP contribution < -0.4 is 9.44 Å². The molecule has 0 saturated carbocycles. The first kappa shape index (κ1) is 24.0. The van der Waals surface area contributed by atoms with Gasteiger partial charge in [-0.1, -0.05) is 31.4 Å². The summed E-state index contributed by atoms with van der Waals surface area (Å²) in [7, 11) is -2.13. The average Bonchev–Trinajstić information content (AvgIpc) is 3.22. The minimum absolute atomic E-state index is 0.257. The highest BCUT2D eigenvalue weighted by atomic mass is 35.5. The van der Waals surface area contributed by atoms with Crippen LogP contribution in [0.5, 0.6) is 0 Å². The van der Waals surface area contributed by atoms with E-state index in [1.54, 1.807) is 17.7 Å². The van der Waals surface area contributed by atoms with Gasteiger partial charge in [-0.2, -0.15) is 18.2 Å². The van der Waals surface area contributed by atoms with E-state index in [1.807, 2.05) is 60.6 Å². The largest absolute Gasteiger partial charge is 0.301 e. The minimum Gasteiger partial charge on any atom is -0.301 e. The molecule has 1 aromatic carbocycles. The van der Waals surface area contributed by atoms with Crippen molar-refractivity contribution in [1.82, 2.24) is 23.8 Å². The van der Waals surface area contributed by atoms with Crippen LogP contribution in [0, 0.1) is 6.92 Å². The van der Waals surface area contributed by atoms with Crippen molar-refractivity contribution in [3.63, 3.8) is 0 Å². The Labute approximate surface area is 193 Å². The predicted octanol–water partition coefficient (Wildman–Crippen LogP) is 3.87. The van der Waals surface area contributed by atoms with Crippen molar-refractivity contribution in [2.24, 2.45) is 7.05 Å². The topological polar surface area (TPSA) is 98.0 Å². The van der Waals surface area contributed by atoms with Gasteiger partial charge in [0.25, 0.3) is 5.91 Å². The number of aromatic nitrogens is 3. The summed E-state index contributed by atoms with van der Waals surface area (Å²) >= 11 is 6.10. The molecule has 0 bridgehead atoms. The van der Waals surface area contributed by atoms with E-state index in [0.717, 1.165) is 29.6 Å². The molecule has 1 amide bonds. The number of amides is 1. The number of nitrogens with one attached hydrogen (secondary N) is 2. The normalized spacial score (nSPS) is 13.2. The van der Waals surface area contributed by atoms with E-state index in [2.05, 4.69) is 9.82 Å². The summed E-state index contributed by atoms with van der Waals surface area (Å²) in [6.45, 7) is 5.64. The molecule has 2 heterocycles. The summed E-state index contributed by atoms with van der Waals surface area (Å²) in [4.78, 5) is 12.3. The lowest BCUT2D eigenvalue weighted by atomic mass is 10.2. The molecule has 10 heteroatoms. The molecule has 0 spiro atoms. The van der Waals surface area contributed by atoms with E-state index in [0.29, 0.717) is 22.7 Å². The fourth-order valence-electron chi connectivity index (χ4n) is 3.63. The monoisotopic (exact) mass is 477 g/mol. The van der Waals surface area contributed by atoms with Crippen LogP contribution in [0.15, 0.2) is 36.5 Å². The van der Waals surface area contributed by atoms with E-state index in [4.69, 9.17) is 11.6 Å². The average molecular weight is 478 g/mol. The summed E-state index contributed by atoms with van der Waals surface area (Å²) in [5.41, 5.74) is 2.35. The second-order valence-electron chi connectivity index (χ2n) is 7.80. The SMILES string of the molecule is CCCCC(C)NS(=O)(=O)NC(=O)/C=C/c1c(C)nn(C)c1-n1ccc2cc(Cl)ccc21. The fourth-order valence-corrected chi connectivity index (χ4v) is 4.85. The van der Waals surface area contributed by atoms with Crippen molar-refractivity contribution in [3.8, 4) is 5.82 Å². The summed E-state index contributed by atoms with van der Waals surface area (Å²) < 4.78 is 32.6. The van der Waals surface area contributed by atoms with Gasteiger partial charge in [0, 0.05) is 41.3 Å². The maximum Gasteiger partial charge on any atom is 0.301 e. The zero-order chi connectivity index (χ0) is 23.5. The van der Waals surface area contributed by atoms with Crippen LogP contribution in [0.25, 0.3) is 22.8 Å². The molecule has 3 rings (SSSR count). The van der Waals surface area contributed by atoms with Gasteiger partial charge in [0.05, 0.1) is 11.2 Å². The van der Waals surface area contributed by atoms with Gasteiger partial charge in [-0.3, -0.25) is 9.48 Å². The molecule has 0 fully saturated rings. The van der Waals surface area contributed by atoms with Crippen molar-refractivity contribution in [2.75, 3.05) is 0 Å². The molecular formula is C22H28ClN5O3S. The predicted molar refractivity (Wildman–Crippen MR) is 128 cm³/mol. The second kappa shape index (κ2) is 9.89. The smallest absolute Gasteiger partial charge is 0.301 e. The summed E-state index contributed by atoms with van der Waals surface area (Å²) in [5.74, 6) is 0.0107. The molecule has 0 aliphatic carbocycles. The van der Waals surface area contributed by atoms with Gasteiger partial charge >= 0.3 is 10.2 Å². The number of rotatable bonds is 9. The highest BCUT2D eigenvalue weighted by Crippen LogP contribution is 2.27. The molecule has 0 radical (unpaired) electrons. The Kier molecular flexibility index (Phi) is 7.43. The highest BCUT2D eigenvalue weighted by molar-refractivity contribution is 7.88. The maximum atomic E-state index is 12.3. The molecule has 8 nitrogen and oxygen atoms in total. The third kappa shape index (κ3) is 5.59. The van der Waals surface area contributed by atoms with Crippen molar-refractivity contribution < 1.29 is 13.2 Å². The van der Waals surface area contributed by atoms with Gasteiger partial charge in [0.2, 0.25) is 0 Å². The number of hydrogen-bond acceptors (Lipinski definition) is 4. The molecule has 0 aliphatic rings. The fraction of sp³-hybridized carbons (Fsp3) is 0.364. The second-order valence-corrected chi connectivity index (χ2v) is 9.68. The maximum absolute atomic E-state index is 12.3. The van der Waals surface area contributed by atoms with Gasteiger partial charge in [-0.25, -0.2) is 4.72 Å². The number of halogens is 1. The highest BCUT2D eigenvalue weighted by Gasteiger charge is 2.18. The van der Waals surface area contributed by atoms with E-state index in [-0.39, 0.29) is 6.04 Å². The van der Waals surface area contributed by atoms with E-state index < -0.39 is 16.1 Å². The van der Waals surface area contributed by atoms with Gasteiger partial charge in [0.1, 0.15) is 5.82 Å². The number of nitrogens with zero attached hydrogens (tertiary/aromatic N) is 3. The minimum atomic E-state index is -3.95. The zero-order valence-electron chi connectivity index (χ0n) is 18.6. The molecule has 0 saturated heterocycles. The Morgan fingerprint density at radius 2 is 2.06 bits per heavy atom. The molecular weight excluding hydrogens is 450 g/mol. The molecule has 2 N–H and O–H groups in total. The molecule has 32 heavy (non-hydrogen) atoms. The third-order valence-electron chi connectivity index (χ3n) is 5.10. The lowest BCUT2D eigenvalue weighted by Crippen LogP contribution is -2.43. The number of carbonyl (C=O) groups excluding carboxylic acids is 1. The Hall–Kier alpha value is -2.62. The summed E-state index contributed by atoms with van der Waals surface area (Å²) in [6.07, 6.45) is 7.26. The molecule has 172 valence electrons. The Bertz CT molecular complexity index is 1260. The quantitative estimate of drug-likeness (QED) is 0.457. The van der Waals surface area contributed by atoms with E-state index >= 15 is 0 Å². The molecule has 0 aliphatic heterocycles. The molecule has 1 atom stereocenters. The first-order valence-electron chi connectivity index (χ1n) is 10.4. The van der Waals surface area contributed by atoms with E-state index in [1.165, 1.54) is 6.08 Å². The van der Waals surface area contributed by atoms with Crippen LogP contribution in [-0.2, 0) is 22.1 Å². The molecule has 1 unspecified atom stereocenters. The van der Waals surface area contributed by atoms with Crippen LogP contribution in [0.4, 0.5) is 0 Å². The van der Waals surface area contributed by atoms with Crippen LogP contribution in [-0.4, -0.2) is 34.7 Å². The number of benzene rings is 1. The number of unbranched alkanes of at least 4 members (excludes halogenated alkanes) is 1. The standard InChI is InChI=1S/C22H28ClN5O3S/c1-5-6-7-15(2)25-32(30,31)26-21(29)11-9-19-16(3)24-27(4)22(19)28-13-12-17-14-18(23)8-10-20(17)28/h8-15,25H,5-7H2,1-4H3,(H,26,29)/b11-9+. The van der Waals surface area contributed by atoms with Crippen molar-refractivity contribution in [3.05, 3.63) is 52.8 Å². The number of hydrogen-bond donors (Lipinski definition) is 2. The summed E-state index contributed by atoms with van der Waals surface area (Å²) in [5, 5.41) is 6.08. The van der Waals surface area contributed by atoms with Gasteiger partial charge < -0.3 is 4.57 Å². The Morgan fingerprint density at radius 1 is 1.31 bits per heavy atom. The van der Waals surface area contributed by atoms with Crippen LogP contribution in [0.1, 0.15) is 44.4 Å². The lowest BCUT2D eigenvalue weighted by molar-refractivity contribution is -0.114. The van der Waals surface area contributed by atoms with Crippen LogP contribution in [0.3, 0.4) is 0 Å². The molecule has 3 aromatic rings. The number of fused-ring (bicyclic) bond motifs is 1. The van der Waals surface area contributed by atoms with Crippen LogP contribution in [0.2, 0.25) is 5.02 Å². The van der Waals surface area contributed by atoms with E-state index in [9.17, 15) is 13.2 Å². The van der Waals surface area contributed by atoms with Crippen molar-refractivity contribution >= 4 is 44.7 Å². The van der Waals surface area contributed by atoms with Gasteiger partial charge in [0.15, 0.2) is 0 Å². The zero-order valence-corrected chi connectivity index (χ0v) is 20.2. The van der Waals surface area contributed by atoms with Crippen LogP contribution >= 0.6 is 11.6 Å². The lowest BCUT2D eigenvalue weighted by Gasteiger charge is -2.13. The van der Waals surface area contributed by atoms with Gasteiger partial charge in [-0.05, 0) is 50.6 Å². The van der Waals surface area contributed by atoms with Crippen molar-refractivity contribution in [1.29, 1.82) is 0 Å². The summed E-state index contributed by atoms with van der Waals surface area (Å²) in [6, 6.07) is 7.29. The Balaban J connectivity index is 1.83. The Morgan fingerprint density at radius 3 is 2.78 bits per heavy atom. The number of aryl methyl sites for hydroxylation is 2. The first-order valence-corrected chi connectivity index (χ1v) is 12.3. The molecule has 2 aromatic heterocycles. The van der Waals surface area contributed by atoms with Gasteiger partial charge in [-0.15, -0.1) is 0 Å². The first-order chi connectivity index (χ1) is 15.1. The third-order valence-corrected chi connectivity index (χ3v) is 6.52. The number of carbonyl (C=O) groups is 1. The van der Waals surface area contributed by atoms with Crippen molar-refractivity contribution in [2.45, 2.75) is 46.1 Å².